The van der Waals surface area contributed by atoms with Crippen LogP contribution in [0.25, 0.3) is 6.08 Å². The molecule has 0 saturated heterocycles. The first-order chi connectivity index (χ1) is 13.8. The second kappa shape index (κ2) is 8.65. The summed E-state index contributed by atoms with van der Waals surface area (Å²) in [4.78, 5) is 28.8. The van der Waals surface area contributed by atoms with Crippen LogP contribution in [0.15, 0.2) is 79.1 Å². The SMILES string of the molecule is CC(C)(C)c1ccc(C(=O)Nc2ccc(C(=O)C=Cc3cccnc3)cc2)cc1. The van der Waals surface area contributed by atoms with E-state index < -0.39 is 0 Å². The third-order valence-corrected chi connectivity index (χ3v) is 4.55. The zero-order chi connectivity index (χ0) is 20.9. The van der Waals surface area contributed by atoms with Crippen LogP contribution in [0.4, 0.5) is 5.69 Å². The number of allylic oxidation sites excluding steroid dienone is 1. The van der Waals surface area contributed by atoms with Crippen molar-refractivity contribution in [1.29, 1.82) is 0 Å². The van der Waals surface area contributed by atoms with Crippen molar-refractivity contribution in [1.82, 2.24) is 4.98 Å². The molecule has 4 nitrogen and oxygen atoms in total. The number of carbonyl (C=O) groups is 2. The number of aromatic nitrogens is 1. The van der Waals surface area contributed by atoms with Crippen LogP contribution < -0.4 is 5.32 Å². The minimum Gasteiger partial charge on any atom is -0.322 e. The summed E-state index contributed by atoms with van der Waals surface area (Å²) in [5, 5.41) is 2.86. The molecule has 29 heavy (non-hydrogen) atoms. The minimum atomic E-state index is -0.180. The topological polar surface area (TPSA) is 59.1 Å². The summed E-state index contributed by atoms with van der Waals surface area (Å²) in [6.07, 6.45) is 6.62. The molecule has 1 heterocycles. The molecule has 0 aliphatic heterocycles. The zero-order valence-electron chi connectivity index (χ0n) is 16.8. The Balaban J connectivity index is 1.63. The molecule has 1 N–H and O–H groups in total. The van der Waals surface area contributed by atoms with E-state index in [2.05, 4.69) is 31.1 Å². The summed E-state index contributed by atoms with van der Waals surface area (Å²) in [5.74, 6) is -0.287. The molecule has 0 bridgehead atoms. The van der Waals surface area contributed by atoms with E-state index in [1.165, 1.54) is 11.6 Å². The van der Waals surface area contributed by atoms with Crippen LogP contribution in [0.3, 0.4) is 0 Å². The fourth-order valence-corrected chi connectivity index (χ4v) is 2.79. The third kappa shape index (κ3) is 5.48. The van der Waals surface area contributed by atoms with Gasteiger partial charge < -0.3 is 5.32 Å². The Morgan fingerprint density at radius 2 is 1.55 bits per heavy atom. The number of rotatable bonds is 5. The van der Waals surface area contributed by atoms with Gasteiger partial charge in [-0.1, -0.05) is 39.0 Å². The van der Waals surface area contributed by atoms with Gasteiger partial charge in [-0.15, -0.1) is 0 Å². The van der Waals surface area contributed by atoms with Crippen molar-refractivity contribution in [3.05, 3.63) is 101 Å². The van der Waals surface area contributed by atoms with Crippen molar-refractivity contribution in [2.75, 3.05) is 5.32 Å². The zero-order valence-corrected chi connectivity index (χ0v) is 16.8. The molecule has 0 fully saturated rings. The van der Waals surface area contributed by atoms with Gasteiger partial charge in [0.05, 0.1) is 0 Å². The molecule has 0 aliphatic carbocycles. The Kier molecular flexibility index (Phi) is 6.03. The summed E-state index contributed by atoms with van der Waals surface area (Å²) in [7, 11) is 0. The van der Waals surface area contributed by atoms with Crippen LogP contribution in [0.1, 0.15) is 52.6 Å². The van der Waals surface area contributed by atoms with Crippen molar-refractivity contribution in [2.24, 2.45) is 0 Å². The first kappa shape index (κ1) is 20.2. The smallest absolute Gasteiger partial charge is 0.255 e. The number of pyridine rings is 1. The van der Waals surface area contributed by atoms with E-state index in [0.717, 1.165) is 5.56 Å². The molecule has 0 aliphatic rings. The molecule has 3 rings (SSSR count). The second-order valence-electron chi connectivity index (χ2n) is 7.84. The Morgan fingerprint density at radius 3 is 2.14 bits per heavy atom. The number of hydrogen-bond donors (Lipinski definition) is 1. The lowest BCUT2D eigenvalue weighted by molar-refractivity contribution is 0.102. The molecule has 0 spiro atoms. The van der Waals surface area contributed by atoms with E-state index in [1.807, 2.05) is 36.4 Å². The van der Waals surface area contributed by atoms with Gasteiger partial charge >= 0.3 is 0 Å². The fraction of sp³-hybridized carbons (Fsp3) is 0.160. The predicted octanol–water partition coefficient (Wildman–Crippen LogP) is 5.53. The molecule has 1 amide bonds. The second-order valence-corrected chi connectivity index (χ2v) is 7.84. The lowest BCUT2D eigenvalue weighted by atomic mass is 9.87. The van der Waals surface area contributed by atoms with Crippen LogP contribution >= 0.6 is 0 Å². The Bertz CT molecular complexity index is 1010. The van der Waals surface area contributed by atoms with Crippen molar-refractivity contribution >= 4 is 23.5 Å². The largest absolute Gasteiger partial charge is 0.322 e. The molecular weight excluding hydrogens is 360 g/mol. The lowest BCUT2D eigenvalue weighted by Gasteiger charge is -2.19. The number of ketones is 1. The van der Waals surface area contributed by atoms with Crippen molar-refractivity contribution in [3.63, 3.8) is 0 Å². The van der Waals surface area contributed by atoms with Crippen molar-refractivity contribution < 1.29 is 9.59 Å². The van der Waals surface area contributed by atoms with Gasteiger partial charge in [0.25, 0.3) is 5.91 Å². The predicted molar refractivity (Wildman–Crippen MR) is 117 cm³/mol. The monoisotopic (exact) mass is 384 g/mol. The number of hydrogen-bond acceptors (Lipinski definition) is 3. The first-order valence-electron chi connectivity index (χ1n) is 9.47. The molecule has 0 atom stereocenters. The van der Waals surface area contributed by atoms with Gasteiger partial charge in [-0.05, 0) is 71.2 Å². The first-order valence-corrected chi connectivity index (χ1v) is 9.47. The highest BCUT2D eigenvalue weighted by Gasteiger charge is 2.14. The molecule has 0 saturated carbocycles. The van der Waals surface area contributed by atoms with Crippen LogP contribution in [0.5, 0.6) is 0 Å². The molecule has 1 aromatic heterocycles. The van der Waals surface area contributed by atoms with Crippen molar-refractivity contribution in [2.45, 2.75) is 26.2 Å². The van der Waals surface area contributed by atoms with E-state index in [-0.39, 0.29) is 17.1 Å². The molecule has 4 heteroatoms. The van der Waals surface area contributed by atoms with Gasteiger partial charge in [0, 0.05) is 29.2 Å². The highest BCUT2D eigenvalue weighted by molar-refractivity contribution is 6.07. The summed E-state index contributed by atoms with van der Waals surface area (Å²) in [6, 6.07) is 18.2. The molecule has 0 unspecified atom stereocenters. The highest BCUT2D eigenvalue weighted by atomic mass is 16.1. The van der Waals surface area contributed by atoms with Crippen LogP contribution in [0, 0.1) is 0 Å². The number of benzene rings is 2. The fourth-order valence-electron chi connectivity index (χ4n) is 2.79. The molecule has 3 aromatic rings. The molecular formula is C25H24N2O2. The summed E-state index contributed by atoms with van der Waals surface area (Å²) in [6.45, 7) is 6.41. The molecule has 146 valence electrons. The average Bonchev–Trinajstić information content (AvgIpc) is 2.73. The lowest BCUT2D eigenvalue weighted by Crippen LogP contribution is -2.14. The van der Waals surface area contributed by atoms with Gasteiger partial charge in [-0.3, -0.25) is 14.6 Å². The quantitative estimate of drug-likeness (QED) is 0.465. The Morgan fingerprint density at radius 1 is 0.897 bits per heavy atom. The molecule has 0 radical (unpaired) electrons. The van der Waals surface area contributed by atoms with E-state index in [0.29, 0.717) is 16.8 Å². The van der Waals surface area contributed by atoms with Gasteiger partial charge in [0.1, 0.15) is 0 Å². The van der Waals surface area contributed by atoms with Crippen molar-refractivity contribution in [3.8, 4) is 0 Å². The number of anilines is 1. The van der Waals surface area contributed by atoms with Gasteiger partial charge in [0.2, 0.25) is 0 Å². The van der Waals surface area contributed by atoms with Crippen LogP contribution in [0.2, 0.25) is 0 Å². The average molecular weight is 384 g/mol. The maximum absolute atomic E-state index is 12.5. The van der Waals surface area contributed by atoms with Gasteiger partial charge in [0.15, 0.2) is 5.78 Å². The Labute approximate surface area is 171 Å². The van der Waals surface area contributed by atoms with E-state index >= 15 is 0 Å². The van der Waals surface area contributed by atoms with E-state index in [1.54, 1.807) is 42.7 Å². The maximum atomic E-state index is 12.5. The van der Waals surface area contributed by atoms with E-state index in [9.17, 15) is 9.59 Å². The van der Waals surface area contributed by atoms with Crippen LogP contribution in [-0.2, 0) is 5.41 Å². The standard InChI is InChI=1S/C25H24N2O2/c1-25(2,3)21-11-7-20(8-12-21)24(29)27-22-13-9-19(10-14-22)23(28)15-6-18-5-4-16-26-17-18/h4-17H,1-3H3,(H,27,29). The minimum absolute atomic E-state index is 0.0445. The highest BCUT2D eigenvalue weighted by Crippen LogP contribution is 2.22. The summed E-state index contributed by atoms with van der Waals surface area (Å²) in [5.41, 5.74) is 3.87. The third-order valence-electron chi connectivity index (χ3n) is 4.55. The Hall–Kier alpha value is -3.53. The van der Waals surface area contributed by atoms with Gasteiger partial charge in [-0.2, -0.15) is 0 Å². The van der Waals surface area contributed by atoms with Gasteiger partial charge in [-0.25, -0.2) is 0 Å². The molecule has 2 aromatic carbocycles. The number of amides is 1. The normalized spacial score (nSPS) is 11.4. The number of carbonyl (C=O) groups excluding carboxylic acids is 2. The summed E-state index contributed by atoms with van der Waals surface area (Å²) >= 11 is 0. The number of nitrogens with zero attached hydrogens (tertiary/aromatic N) is 1. The van der Waals surface area contributed by atoms with E-state index in [4.69, 9.17) is 0 Å². The van der Waals surface area contributed by atoms with Crippen LogP contribution in [-0.4, -0.2) is 16.7 Å². The number of nitrogens with one attached hydrogen (secondary N) is 1. The maximum Gasteiger partial charge on any atom is 0.255 e. The summed E-state index contributed by atoms with van der Waals surface area (Å²) < 4.78 is 0.